The van der Waals surface area contributed by atoms with E-state index in [1.807, 2.05) is 0 Å². The Bertz CT molecular complexity index is 281. The van der Waals surface area contributed by atoms with Crippen molar-refractivity contribution in [1.82, 2.24) is 15.1 Å². The maximum atomic E-state index is 3.75. The molecule has 0 radical (unpaired) electrons. The molecule has 118 valence electrons. The number of rotatable bonds is 5. The van der Waals surface area contributed by atoms with Gasteiger partial charge in [-0.2, -0.15) is 0 Å². The lowest BCUT2D eigenvalue weighted by molar-refractivity contribution is 0.0556. The van der Waals surface area contributed by atoms with E-state index in [9.17, 15) is 0 Å². The Hall–Kier alpha value is -0.120. The Labute approximate surface area is 126 Å². The van der Waals surface area contributed by atoms with Gasteiger partial charge in [-0.1, -0.05) is 13.8 Å². The van der Waals surface area contributed by atoms with E-state index in [2.05, 4.69) is 42.9 Å². The molecule has 0 aliphatic carbocycles. The third-order valence-corrected chi connectivity index (χ3v) is 5.57. The van der Waals surface area contributed by atoms with Crippen LogP contribution in [0.5, 0.6) is 0 Å². The summed E-state index contributed by atoms with van der Waals surface area (Å²) in [5.74, 6) is 1.67. The Kier molecular flexibility index (Phi) is 6.31. The molecule has 0 spiro atoms. The van der Waals surface area contributed by atoms with Crippen molar-refractivity contribution in [3.8, 4) is 0 Å². The minimum atomic E-state index is 0.727. The summed E-state index contributed by atoms with van der Waals surface area (Å²) in [4.78, 5) is 5.27. The zero-order chi connectivity index (χ0) is 14.5. The van der Waals surface area contributed by atoms with Crippen molar-refractivity contribution in [1.29, 1.82) is 0 Å². The molecular formula is C17H35N3. The zero-order valence-corrected chi connectivity index (χ0v) is 14.1. The summed E-state index contributed by atoms with van der Waals surface area (Å²) >= 11 is 0. The number of nitrogens with one attached hydrogen (secondary N) is 1. The fourth-order valence-corrected chi connectivity index (χ4v) is 4.07. The SMILES string of the molecule is CCCNC1CCN(CC2CCCN(C)C2)C(C)C1C. The van der Waals surface area contributed by atoms with Crippen molar-refractivity contribution >= 4 is 0 Å². The van der Waals surface area contributed by atoms with Gasteiger partial charge in [-0.15, -0.1) is 0 Å². The molecular weight excluding hydrogens is 246 g/mol. The molecule has 4 unspecified atom stereocenters. The van der Waals surface area contributed by atoms with Crippen molar-refractivity contribution in [3.05, 3.63) is 0 Å². The van der Waals surface area contributed by atoms with E-state index in [1.54, 1.807) is 0 Å². The Morgan fingerprint density at radius 1 is 1.15 bits per heavy atom. The minimum Gasteiger partial charge on any atom is -0.314 e. The molecule has 3 nitrogen and oxygen atoms in total. The molecule has 2 aliphatic heterocycles. The van der Waals surface area contributed by atoms with Gasteiger partial charge < -0.3 is 10.2 Å². The van der Waals surface area contributed by atoms with E-state index >= 15 is 0 Å². The molecule has 2 aliphatic rings. The Morgan fingerprint density at radius 3 is 2.65 bits per heavy atom. The van der Waals surface area contributed by atoms with Crippen LogP contribution in [-0.2, 0) is 0 Å². The number of piperidine rings is 2. The molecule has 1 N–H and O–H groups in total. The van der Waals surface area contributed by atoms with Crippen LogP contribution in [0.3, 0.4) is 0 Å². The van der Waals surface area contributed by atoms with Crippen LogP contribution in [0.1, 0.15) is 46.5 Å². The average molecular weight is 281 g/mol. The van der Waals surface area contributed by atoms with E-state index < -0.39 is 0 Å². The van der Waals surface area contributed by atoms with E-state index in [4.69, 9.17) is 0 Å². The molecule has 0 aromatic rings. The van der Waals surface area contributed by atoms with Gasteiger partial charge in [0.05, 0.1) is 0 Å². The van der Waals surface area contributed by atoms with Crippen LogP contribution >= 0.6 is 0 Å². The summed E-state index contributed by atoms with van der Waals surface area (Å²) in [6.07, 6.45) is 5.39. The normalized spacial score (nSPS) is 37.2. The molecule has 0 aromatic carbocycles. The van der Waals surface area contributed by atoms with Crippen molar-refractivity contribution < 1.29 is 0 Å². The summed E-state index contributed by atoms with van der Waals surface area (Å²) in [5, 5.41) is 3.75. The van der Waals surface area contributed by atoms with Crippen molar-refractivity contribution in [2.75, 3.05) is 39.8 Å². The second-order valence-corrected chi connectivity index (χ2v) is 7.21. The lowest BCUT2D eigenvalue weighted by atomic mass is 9.85. The maximum Gasteiger partial charge on any atom is 0.0120 e. The summed E-state index contributed by atoms with van der Waals surface area (Å²) in [6.45, 7) is 13.5. The first-order chi connectivity index (χ1) is 9.61. The highest BCUT2D eigenvalue weighted by Crippen LogP contribution is 2.26. The number of hydrogen-bond donors (Lipinski definition) is 1. The van der Waals surface area contributed by atoms with Crippen LogP contribution in [0.15, 0.2) is 0 Å². The highest BCUT2D eigenvalue weighted by molar-refractivity contribution is 4.90. The molecule has 0 saturated carbocycles. The second-order valence-electron chi connectivity index (χ2n) is 7.21. The van der Waals surface area contributed by atoms with Crippen LogP contribution < -0.4 is 5.32 Å². The average Bonchev–Trinajstić information content (AvgIpc) is 2.43. The van der Waals surface area contributed by atoms with E-state index in [0.29, 0.717) is 0 Å². The van der Waals surface area contributed by atoms with Crippen molar-refractivity contribution in [2.24, 2.45) is 11.8 Å². The number of likely N-dealkylation sites (tertiary alicyclic amines) is 2. The fraction of sp³-hybridized carbons (Fsp3) is 1.00. The molecule has 4 atom stereocenters. The molecule has 2 rings (SSSR count). The molecule has 0 amide bonds. The molecule has 0 aromatic heterocycles. The van der Waals surface area contributed by atoms with Crippen LogP contribution in [-0.4, -0.2) is 61.7 Å². The van der Waals surface area contributed by atoms with Crippen LogP contribution in [0.25, 0.3) is 0 Å². The molecule has 3 heteroatoms. The van der Waals surface area contributed by atoms with Crippen molar-refractivity contribution in [3.63, 3.8) is 0 Å². The molecule has 2 heterocycles. The van der Waals surface area contributed by atoms with Gasteiger partial charge >= 0.3 is 0 Å². The minimum absolute atomic E-state index is 0.727. The van der Waals surface area contributed by atoms with Gasteiger partial charge in [0.15, 0.2) is 0 Å². The highest BCUT2D eigenvalue weighted by atomic mass is 15.2. The monoisotopic (exact) mass is 281 g/mol. The highest BCUT2D eigenvalue weighted by Gasteiger charge is 2.33. The van der Waals surface area contributed by atoms with Gasteiger partial charge in [-0.3, -0.25) is 4.90 Å². The van der Waals surface area contributed by atoms with Gasteiger partial charge in [0.2, 0.25) is 0 Å². The van der Waals surface area contributed by atoms with E-state index in [-0.39, 0.29) is 0 Å². The van der Waals surface area contributed by atoms with E-state index in [1.165, 1.54) is 58.4 Å². The molecule has 20 heavy (non-hydrogen) atoms. The summed E-state index contributed by atoms with van der Waals surface area (Å²) < 4.78 is 0. The Balaban J connectivity index is 1.82. The van der Waals surface area contributed by atoms with E-state index in [0.717, 1.165) is 23.9 Å². The quantitative estimate of drug-likeness (QED) is 0.835. The third-order valence-electron chi connectivity index (χ3n) is 5.57. The summed E-state index contributed by atoms with van der Waals surface area (Å²) in [6, 6.07) is 1.46. The van der Waals surface area contributed by atoms with Crippen LogP contribution in [0.2, 0.25) is 0 Å². The van der Waals surface area contributed by atoms with Crippen LogP contribution in [0.4, 0.5) is 0 Å². The molecule has 2 saturated heterocycles. The van der Waals surface area contributed by atoms with Crippen molar-refractivity contribution in [2.45, 2.75) is 58.5 Å². The number of hydrogen-bond acceptors (Lipinski definition) is 3. The number of nitrogens with zero attached hydrogens (tertiary/aromatic N) is 2. The first kappa shape index (κ1) is 16.3. The maximum absolute atomic E-state index is 3.75. The predicted molar refractivity (Wildman–Crippen MR) is 87.1 cm³/mol. The van der Waals surface area contributed by atoms with Gasteiger partial charge in [-0.25, -0.2) is 0 Å². The van der Waals surface area contributed by atoms with Gasteiger partial charge in [0.1, 0.15) is 0 Å². The zero-order valence-electron chi connectivity index (χ0n) is 14.1. The lowest BCUT2D eigenvalue weighted by Gasteiger charge is -2.45. The fourth-order valence-electron chi connectivity index (χ4n) is 4.07. The first-order valence-corrected chi connectivity index (χ1v) is 8.77. The molecule has 2 fully saturated rings. The third kappa shape index (κ3) is 4.19. The summed E-state index contributed by atoms with van der Waals surface area (Å²) in [5.41, 5.74) is 0. The smallest absolute Gasteiger partial charge is 0.0120 e. The second kappa shape index (κ2) is 7.77. The van der Waals surface area contributed by atoms with Gasteiger partial charge in [0.25, 0.3) is 0 Å². The largest absolute Gasteiger partial charge is 0.314 e. The lowest BCUT2D eigenvalue weighted by Crippen LogP contribution is -2.55. The molecule has 0 bridgehead atoms. The standard InChI is InChI=1S/C17H35N3/c1-5-9-18-17-8-11-20(15(3)14(17)2)13-16-7-6-10-19(4)12-16/h14-18H,5-13H2,1-4H3. The first-order valence-electron chi connectivity index (χ1n) is 8.77. The van der Waals surface area contributed by atoms with Gasteiger partial charge in [0, 0.05) is 25.2 Å². The summed E-state index contributed by atoms with van der Waals surface area (Å²) in [7, 11) is 2.28. The van der Waals surface area contributed by atoms with Crippen LogP contribution in [0, 0.1) is 11.8 Å². The predicted octanol–water partition coefficient (Wildman–Crippen LogP) is 2.43. The Morgan fingerprint density at radius 2 is 1.95 bits per heavy atom. The van der Waals surface area contributed by atoms with Gasteiger partial charge in [-0.05, 0) is 71.1 Å². The topological polar surface area (TPSA) is 18.5 Å².